The Morgan fingerprint density at radius 2 is 2.11 bits per heavy atom. The summed E-state index contributed by atoms with van der Waals surface area (Å²) >= 11 is 0. The van der Waals surface area contributed by atoms with E-state index < -0.39 is 12.6 Å². The predicted octanol–water partition coefficient (Wildman–Crippen LogP) is 1.55. The van der Waals surface area contributed by atoms with Gasteiger partial charge in [-0.15, -0.1) is 0 Å². The minimum absolute atomic E-state index is 0.0413. The zero-order valence-corrected chi connectivity index (χ0v) is 4.90. The Labute approximate surface area is 51.7 Å². The van der Waals surface area contributed by atoms with E-state index in [9.17, 15) is 13.7 Å². The van der Waals surface area contributed by atoms with Crippen molar-refractivity contribution >= 4 is 5.97 Å². The lowest BCUT2D eigenvalue weighted by atomic mass is 10.2. The van der Waals surface area contributed by atoms with E-state index in [1.807, 2.05) is 0 Å². The molecule has 0 aromatic heterocycles. The van der Waals surface area contributed by atoms with Gasteiger partial charge >= 0.3 is 5.97 Å². The molecule has 0 heterocycles. The van der Waals surface area contributed by atoms with Crippen molar-refractivity contribution in [3.05, 3.63) is 0 Å². The molecule has 9 heavy (non-hydrogen) atoms. The fourth-order valence-electron chi connectivity index (χ4n) is 0.402. The summed E-state index contributed by atoms with van der Waals surface area (Å²) in [6.45, 7) is -0.473. The van der Waals surface area contributed by atoms with Gasteiger partial charge in [0.05, 0.1) is 6.67 Å². The van der Waals surface area contributed by atoms with Gasteiger partial charge in [0, 0.05) is 10.9 Å². The fourth-order valence-corrected chi connectivity index (χ4v) is 0.402. The summed E-state index contributed by atoms with van der Waals surface area (Å²) in [7, 11) is 0. The van der Waals surface area contributed by atoms with E-state index in [4.69, 9.17) is 0 Å². The van der Waals surface area contributed by atoms with Crippen molar-refractivity contribution in [2.75, 3.05) is 6.67 Å². The van der Waals surface area contributed by atoms with Crippen LogP contribution in [0.2, 0.25) is 0 Å². The zero-order chi connectivity index (χ0) is 7.11. The third-order valence-corrected chi connectivity index (χ3v) is 0.851. The minimum Gasteiger partial charge on any atom is -0.255 e. The van der Waals surface area contributed by atoms with Gasteiger partial charge in [0.1, 0.15) is 0 Å². The van der Waals surface area contributed by atoms with Crippen molar-refractivity contribution in [1.82, 2.24) is 0 Å². The summed E-state index contributed by atoms with van der Waals surface area (Å²) in [4.78, 5) is 12.8. The van der Waals surface area contributed by atoms with Crippen LogP contribution < -0.4 is 0 Å². The van der Waals surface area contributed by atoms with E-state index in [0.29, 0.717) is 6.42 Å². The van der Waals surface area contributed by atoms with Crippen LogP contribution in [-0.2, 0) is 9.74 Å². The van der Waals surface area contributed by atoms with Crippen LogP contribution in [0.3, 0.4) is 0 Å². The first-order chi connectivity index (χ1) is 4.31. The molecule has 2 nitrogen and oxygen atoms in total. The van der Waals surface area contributed by atoms with Crippen molar-refractivity contribution in [2.24, 2.45) is 0 Å². The number of halogens is 2. The summed E-state index contributed by atoms with van der Waals surface area (Å²) in [6, 6.07) is 0. The molecule has 0 rings (SSSR count). The molecular weight excluding hydrogens is 130 g/mol. The molecule has 0 aromatic rings. The van der Waals surface area contributed by atoms with Gasteiger partial charge < -0.3 is 0 Å². The quantitative estimate of drug-likeness (QED) is 0.551. The highest BCUT2D eigenvalue weighted by molar-refractivity contribution is 5.68. The average Bonchev–Trinajstić information content (AvgIpc) is 1.89. The number of unbranched alkanes of at least 4 members (excludes halogenated alkanes) is 1. The van der Waals surface area contributed by atoms with Gasteiger partial charge in [0.25, 0.3) is 0 Å². The van der Waals surface area contributed by atoms with Gasteiger partial charge in [-0.3, -0.25) is 9.33 Å². The van der Waals surface area contributed by atoms with Gasteiger partial charge in [-0.05, 0) is 12.8 Å². The molecular formula is C5H8F2O2. The van der Waals surface area contributed by atoms with Crippen molar-refractivity contribution in [1.29, 1.82) is 0 Å². The third kappa shape index (κ3) is 5.20. The molecule has 0 aliphatic heterocycles. The Hall–Kier alpha value is -0.670. The van der Waals surface area contributed by atoms with E-state index >= 15 is 0 Å². The number of hydrogen-bond acceptors (Lipinski definition) is 2. The van der Waals surface area contributed by atoms with Crippen molar-refractivity contribution < 1.29 is 18.7 Å². The van der Waals surface area contributed by atoms with Crippen LogP contribution >= 0.6 is 0 Å². The maximum absolute atomic E-state index is 11.3. The second kappa shape index (κ2) is 5.47. The first-order valence-electron chi connectivity index (χ1n) is 2.68. The number of carbonyl (C=O) groups excluding carboxylic acids is 1. The van der Waals surface area contributed by atoms with Crippen LogP contribution in [0.15, 0.2) is 0 Å². The van der Waals surface area contributed by atoms with Gasteiger partial charge in [-0.2, -0.15) is 0 Å². The standard InChI is InChI=1S/C5H8F2O2/c6-4-2-1-3-5(8)9-7/h1-4H2. The van der Waals surface area contributed by atoms with Gasteiger partial charge in [0.15, 0.2) is 0 Å². The van der Waals surface area contributed by atoms with Crippen molar-refractivity contribution in [2.45, 2.75) is 19.3 Å². The normalized spacial score (nSPS) is 9.11. The lowest BCUT2D eigenvalue weighted by Crippen LogP contribution is -1.96. The molecule has 0 spiro atoms. The van der Waals surface area contributed by atoms with Crippen LogP contribution in [0.1, 0.15) is 19.3 Å². The number of alkyl halides is 1. The Morgan fingerprint density at radius 1 is 1.44 bits per heavy atom. The zero-order valence-electron chi connectivity index (χ0n) is 4.90. The first kappa shape index (κ1) is 8.33. The second-order valence-electron chi connectivity index (χ2n) is 1.60. The molecule has 0 amide bonds. The molecule has 0 aromatic carbocycles. The van der Waals surface area contributed by atoms with Crippen LogP contribution in [0.4, 0.5) is 8.92 Å². The Balaban J connectivity index is 2.97. The summed E-state index contributed by atoms with van der Waals surface area (Å²) < 4.78 is 22.2. The molecule has 0 fully saturated rings. The van der Waals surface area contributed by atoms with E-state index in [1.165, 1.54) is 0 Å². The maximum Gasteiger partial charge on any atom is 0.348 e. The van der Waals surface area contributed by atoms with Gasteiger partial charge in [-0.25, -0.2) is 4.79 Å². The van der Waals surface area contributed by atoms with Crippen molar-refractivity contribution in [3.63, 3.8) is 0 Å². The summed E-state index contributed by atoms with van der Waals surface area (Å²) in [6.07, 6.45) is 0.592. The highest BCUT2D eigenvalue weighted by Gasteiger charge is 2.00. The molecule has 0 atom stereocenters. The van der Waals surface area contributed by atoms with Gasteiger partial charge in [-0.1, -0.05) is 0 Å². The molecule has 0 saturated carbocycles. The monoisotopic (exact) mass is 138 g/mol. The van der Waals surface area contributed by atoms with Crippen LogP contribution in [0.5, 0.6) is 0 Å². The Bertz CT molecular complexity index is 85.0. The summed E-state index contributed by atoms with van der Waals surface area (Å²) in [5, 5.41) is 0. The predicted molar refractivity (Wildman–Crippen MR) is 27.0 cm³/mol. The Kier molecular flexibility index (Phi) is 5.06. The molecule has 0 saturated heterocycles. The molecule has 0 aliphatic carbocycles. The molecule has 54 valence electrons. The maximum atomic E-state index is 11.3. The largest absolute Gasteiger partial charge is 0.348 e. The number of hydrogen-bond donors (Lipinski definition) is 0. The van der Waals surface area contributed by atoms with E-state index in [0.717, 1.165) is 0 Å². The summed E-state index contributed by atoms with van der Waals surface area (Å²) in [5.74, 6) is -0.927. The SMILES string of the molecule is O=C(CCCCF)OF. The third-order valence-electron chi connectivity index (χ3n) is 0.851. The first-order valence-corrected chi connectivity index (χ1v) is 2.68. The van der Waals surface area contributed by atoms with E-state index in [1.54, 1.807) is 0 Å². The highest BCUT2D eigenvalue weighted by Crippen LogP contribution is 1.97. The molecule has 0 aliphatic rings. The van der Waals surface area contributed by atoms with Crippen LogP contribution in [0, 0.1) is 0 Å². The number of rotatable bonds is 4. The topological polar surface area (TPSA) is 26.3 Å². The second-order valence-corrected chi connectivity index (χ2v) is 1.60. The van der Waals surface area contributed by atoms with Crippen molar-refractivity contribution in [3.8, 4) is 0 Å². The van der Waals surface area contributed by atoms with E-state index in [2.05, 4.69) is 4.94 Å². The molecule has 4 heteroatoms. The minimum atomic E-state index is -0.927. The van der Waals surface area contributed by atoms with Crippen LogP contribution in [0.25, 0.3) is 0 Å². The molecule has 0 bridgehead atoms. The highest BCUT2D eigenvalue weighted by atomic mass is 19.3. The average molecular weight is 138 g/mol. The molecule has 0 unspecified atom stereocenters. The fraction of sp³-hybridized carbons (Fsp3) is 0.800. The lowest BCUT2D eigenvalue weighted by Gasteiger charge is -1.90. The van der Waals surface area contributed by atoms with E-state index in [-0.39, 0.29) is 12.8 Å². The smallest absolute Gasteiger partial charge is 0.255 e. The number of carbonyl (C=O) groups is 1. The van der Waals surface area contributed by atoms with Crippen LogP contribution in [-0.4, -0.2) is 12.6 Å². The Morgan fingerprint density at radius 3 is 2.56 bits per heavy atom. The summed E-state index contributed by atoms with van der Waals surface area (Å²) in [5.41, 5.74) is 0. The van der Waals surface area contributed by atoms with Gasteiger partial charge in [0.2, 0.25) is 0 Å². The molecule has 0 N–H and O–H groups in total. The molecule has 0 radical (unpaired) electrons. The lowest BCUT2D eigenvalue weighted by molar-refractivity contribution is -0.183.